The summed E-state index contributed by atoms with van der Waals surface area (Å²) in [5, 5.41) is 0. The monoisotopic (exact) mass is 317 g/mol. The lowest BCUT2D eigenvalue weighted by molar-refractivity contribution is 0.0682. The SMILES string of the molecule is Cc1ccccc1CS(=O)(=O)N1CCOC1c1ccccc1. The normalized spacial score (nSPS) is 19.4. The minimum Gasteiger partial charge on any atom is -0.356 e. The number of hydrogen-bond donors (Lipinski definition) is 0. The lowest BCUT2D eigenvalue weighted by Crippen LogP contribution is -2.32. The average Bonchev–Trinajstić information content (AvgIpc) is 3.01. The second-order valence-electron chi connectivity index (χ2n) is 5.43. The molecule has 0 bridgehead atoms. The fourth-order valence-electron chi connectivity index (χ4n) is 2.67. The summed E-state index contributed by atoms with van der Waals surface area (Å²) in [5.74, 6) is 0.00632. The number of rotatable bonds is 4. The summed E-state index contributed by atoms with van der Waals surface area (Å²) < 4.78 is 32.7. The molecule has 0 spiro atoms. The minimum absolute atomic E-state index is 0.00632. The van der Waals surface area contributed by atoms with Crippen molar-refractivity contribution in [2.45, 2.75) is 18.9 Å². The molecule has 5 heteroatoms. The summed E-state index contributed by atoms with van der Waals surface area (Å²) >= 11 is 0. The Labute approximate surface area is 131 Å². The first-order chi connectivity index (χ1) is 10.6. The van der Waals surface area contributed by atoms with Crippen molar-refractivity contribution in [3.8, 4) is 0 Å². The van der Waals surface area contributed by atoms with Crippen LogP contribution in [-0.4, -0.2) is 25.9 Å². The van der Waals surface area contributed by atoms with Crippen LogP contribution in [0.15, 0.2) is 54.6 Å². The molecule has 0 aromatic heterocycles. The van der Waals surface area contributed by atoms with Crippen molar-refractivity contribution in [1.82, 2.24) is 4.31 Å². The molecule has 1 heterocycles. The number of ether oxygens (including phenoxy) is 1. The molecule has 2 aromatic rings. The molecule has 22 heavy (non-hydrogen) atoms. The molecule has 3 rings (SSSR count). The van der Waals surface area contributed by atoms with Gasteiger partial charge in [0.2, 0.25) is 10.0 Å². The van der Waals surface area contributed by atoms with Crippen LogP contribution in [0.3, 0.4) is 0 Å². The predicted molar refractivity (Wildman–Crippen MR) is 85.6 cm³/mol. The number of aryl methyl sites for hydroxylation is 1. The number of hydrogen-bond acceptors (Lipinski definition) is 3. The summed E-state index contributed by atoms with van der Waals surface area (Å²) in [6.45, 7) is 2.75. The molecular weight excluding hydrogens is 298 g/mol. The molecule has 0 saturated carbocycles. The third-order valence-corrected chi connectivity index (χ3v) is 5.65. The maximum atomic E-state index is 12.8. The fourth-order valence-corrected chi connectivity index (χ4v) is 4.38. The van der Waals surface area contributed by atoms with Crippen molar-refractivity contribution in [1.29, 1.82) is 0 Å². The van der Waals surface area contributed by atoms with Gasteiger partial charge in [0.1, 0.15) is 6.23 Å². The van der Waals surface area contributed by atoms with Crippen LogP contribution in [0.1, 0.15) is 22.9 Å². The predicted octanol–water partition coefficient (Wildman–Crippen LogP) is 2.86. The third kappa shape index (κ3) is 3.06. The van der Waals surface area contributed by atoms with E-state index >= 15 is 0 Å². The molecule has 1 aliphatic rings. The Balaban J connectivity index is 1.87. The molecule has 1 unspecified atom stereocenters. The highest BCUT2D eigenvalue weighted by atomic mass is 32.2. The van der Waals surface area contributed by atoms with E-state index in [1.54, 1.807) is 0 Å². The van der Waals surface area contributed by atoms with Crippen molar-refractivity contribution >= 4 is 10.0 Å². The summed E-state index contributed by atoms with van der Waals surface area (Å²) in [7, 11) is -3.42. The van der Waals surface area contributed by atoms with E-state index in [4.69, 9.17) is 4.74 Å². The van der Waals surface area contributed by atoms with Gasteiger partial charge in [0, 0.05) is 6.54 Å². The molecule has 1 fully saturated rings. The van der Waals surface area contributed by atoms with Gasteiger partial charge in [0.05, 0.1) is 12.4 Å². The van der Waals surface area contributed by atoms with Crippen LogP contribution in [-0.2, 0) is 20.5 Å². The Morgan fingerprint density at radius 1 is 1.09 bits per heavy atom. The molecule has 0 N–H and O–H groups in total. The number of benzene rings is 2. The maximum absolute atomic E-state index is 12.8. The second-order valence-corrected chi connectivity index (χ2v) is 7.35. The molecule has 0 amide bonds. The Morgan fingerprint density at radius 2 is 1.77 bits per heavy atom. The van der Waals surface area contributed by atoms with E-state index in [1.165, 1.54) is 4.31 Å². The van der Waals surface area contributed by atoms with Gasteiger partial charge in [0.15, 0.2) is 0 Å². The van der Waals surface area contributed by atoms with Gasteiger partial charge < -0.3 is 4.74 Å². The first kappa shape index (κ1) is 15.2. The molecular formula is C17H19NO3S. The van der Waals surface area contributed by atoms with E-state index < -0.39 is 16.3 Å². The first-order valence-electron chi connectivity index (χ1n) is 7.28. The minimum atomic E-state index is -3.42. The van der Waals surface area contributed by atoms with Gasteiger partial charge in [-0.25, -0.2) is 8.42 Å². The van der Waals surface area contributed by atoms with Gasteiger partial charge in [-0.2, -0.15) is 4.31 Å². The Bertz CT molecular complexity index is 744. The molecule has 1 saturated heterocycles. The number of nitrogens with zero attached hydrogens (tertiary/aromatic N) is 1. The maximum Gasteiger partial charge on any atom is 0.220 e. The topological polar surface area (TPSA) is 46.6 Å². The van der Waals surface area contributed by atoms with E-state index in [2.05, 4.69) is 0 Å². The van der Waals surface area contributed by atoms with Crippen LogP contribution in [0.4, 0.5) is 0 Å². The molecule has 116 valence electrons. The van der Waals surface area contributed by atoms with Crippen molar-refractivity contribution < 1.29 is 13.2 Å². The van der Waals surface area contributed by atoms with E-state index in [0.29, 0.717) is 13.2 Å². The van der Waals surface area contributed by atoms with E-state index in [9.17, 15) is 8.42 Å². The van der Waals surface area contributed by atoms with Gasteiger partial charge in [-0.15, -0.1) is 0 Å². The van der Waals surface area contributed by atoms with Crippen LogP contribution in [0.5, 0.6) is 0 Å². The number of sulfonamides is 1. The molecule has 1 aliphatic heterocycles. The lowest BCUT2D eigenvalue weighted by atomic mass is 10.1. The van der Waals surface area contributed by atoms with E-state index in [-0.39, 0.29) is 5.75 Å². The smallest absolute Gasteiger partial charge is 0.220 e. The second kappa shape index (κ2) is 6.20. The fraction of sp³-hybridized carbons (Fsp3) is 0.294. The lowest BCUT2D eigenvalue weighted by Gasteiger charge is -2.23. The van der Waals surface area contributed by atoms with Crippen molar-refractivity contribution in [2.24, 2.45) is 0 Å². The largest absolute Gasteiger partial charge is 0.356 e. The average molecular weight is 317 g/mol. The molecule has 4 nitrogen and oxygen atoms in total. The molecule has 0 radical (unpaired) electrons. The molecule has 1 atom stereocenters. The van der Waals surface area contributed by atoms with Crippen molar-refractivity contribution in [2.75, 3.05) is 13.2 Å². The molecule has 2 aromatic carbocycles. The van der Waals surface area contributed by atoms with Crippen LogP contribution in [0.25, 0.3) is 0 Å². The van der Waals surface area contributed by atoms with E-state index in [1.807, 2.05) is 61.5 Å². The van der Waals surface area contributed by atoms with Gasteiger partial charge in [0.25, 0.3) is 0 Å². The van der Waals surface area contributed by atoms with Gasteiger partial charge >= 0.3 is 0 Å². The third-order valence-electron chi connectivity index (χ3n) is 3.89. The zero-order valence-electron chi connectivity index (χ0n) is 12.5. The van der Waals surface area contributed by atoms with Crippen LogP contribution in [0, 0.1) is 6.92 Å². The van der Waals surface area contributed by atoms with Crippen molar-refractivity contribution in [3.05, 3.63) is 71.3 Å². The molecule has 0 aliphatic carbocycles. The van der Waals surface area contributed by atoms with Crippen LogP contribution >= 0.6 is 0 Å². The van der Waals surface area contributed by atoms with Gasteiger partial charge in [-0.3, -0.25) is 0 Å². The highest BCUT2D eigenvalue weighted by Gasteiger charge is 2.36. The Kier molecular flexibility index (Phi) is 4.29. The summed E-state index contributed by atoms with van der Waals surface area (Å²) in [6.07, 6.45) is -0.518. The van der Waals surface area contributed by atoms with Gasteiger partial charge in [-0.1, -0.05) is 54.6 Å². The van der Waals surface area contributed by atoms with E-state index in [0.717, 1.165) is 16.7 Å². The highest BCUT2D eigenvalue weighted by molar-refractivity contribution is 7.88. The summed E-state index contributed by atoms with van der Waals surface area (Å²) in [4.78, 5) is 0. The van der Waals surface area contributed by atoms with Crippen LogP contribution in [0.2, 0.25) is 0 Å². The summed E-state index contributed by atoms with van der Waals surface area (Å²) in [5.41, 5.74) is 2.69. The Morgan fingerprint density at radius 3 is 2.50 bits per heavy atom. The zero-order valence-corrected chi connectivity index (χ0v) is 13.3. The van der Waals surface area contributed by atoms with Crippen molar-refractivity contribution in [3.63, 3.8) is 0 Å². The van der Waals surface area contributed by atoms with Crippen LogP contribution < -0.4 is 0 Å². The zero-order chi connectivity index (χ0) is 15.6. The Hall–Kier alpha value is -1.69. The van der Waals surface area contributed by atoms with Gasteiger partial charge in [-0.05, 0) is 23.6 Å². The quantitative estimate of drug-likeness (QED) is 0.871. The standard InChI is InChI=1S/C17H19NO3S/c1-14-7-5-6-10-16(14)13-22(19,20)18-11-12-21-17(18)15-8-3-2-4-9-15/h2-10,17H,11-13H2,1H3. The summed E-state index contributed by atoms with van der Waals surface area (Å²) in [6, 6.07) is 17.1. The highest BCUT2D eigenvalue weighted by Crippen LogP contribution is 2.31. The first-order valence-corrected chi connectivity index (χ1v) is 8.89.